The molecule has 0 amide bonds. The molecule has 3 heteroatoms. The molecule has 1 rings (SSSR count). The van der Waals surface area contributed by atoms with Gasteiger partial charge < -0.3 is 10.1 Å². The molecule has 1 aromatic carbocycles. The zero-order chi connectivity index (χ0) is 11.8. The molecular weight excluding hydrogens is 222 g/mol. The number of terminal acetylenes is 1. The van der Waals surface area contributed by atoms with Crippen molar-refractivity contribution in [3.8, 4) is 18.1 Å². The second-order valence-corrected chi connectivity index (χ2v) is 3.74. The summed E-state index contributed by atoms with van der Waals surface area (Å²) in [6.07, 6.45) is 6.02. The zero-order valence-electron chi connectivity index (χ0n) is 9.42. The minimum Gasteiger partial charge on any atom is -0.492 e. The maximum Gasteiger partial charge on any atom is 0.119 e. The molecule has 0 fully saturated rings. The molecule has 0 bridgehead atoms. The molecule has 0 heterocycles. The summed E-state index contributed by atoms with van der Waals surface area (Å²) in [6.45, 7) is 3.99. The Hall–Kier alpha value is -1.17. The van der Waals surface area contributed by atoms with E-state index >= 15 is 0 Å². The Kier molecular flexibility index (Phi) is 5.77. The predicted molar refractivity (Wildman–Crippen MR) is 68.0 cm³/mol. The standard InChI is InChI=1S/C13H16ClNO/c1-3-7-15-8-9-16-12-5-6-13(14)11(4-2)10-12/h1,5-6,10,15H,4,7-9H2,2H3. The minimum absolute atomic E-state index is 0.574. The van der Waals surface area contributed by atoms with Crippen LogP contribution in [-0.4, -0.2) is 19.7 Å². The second kappa shape index (κ2) is 7.16. The summed E-state index contributed by atoms with van der Waals surface area (Å²) in [4.78, 5) is 0. The van der Waals surface area contributed by atoms with Crippen molar-refractivity contribution in [1.29, 1.82) is 0 Å². The fourth-order valence-corrected chi connectivity index (χ4v) is 1.56. The number of aryl methyl sites for hydroxylation is 1. The van der Waals surface area contributed by atoms with Crippen LogP contribution < -0.4 is 10.1 Å². The van der Waals surface area contributed by atoms with E-state index in [1.165, 1.54) is 0 Å². The number of rotatable bonds is 6. The van der Waals surface area contributed by atoms with Gasteiger partial charge in [0, 0.05) is 11.6 Å². The molecule has 0 spiro atoms. The maximum absolute atomic E-state index is 6.01. The molecule has 86 valence electrons. The first-order valence-electron chi connectivity index (χ1n) is 5.33. The van der Waals surface area contributed by atoms with E-state index in [-0.39, 0.29) is 0 Å². The summed E-state index contributed by atoms with van der Waals surface area (Å²) in [6, 6.07) is 5.72. The van der Waals surface area contributed by atoms with Crippen LogP contribution in [0.1, 0.15) is 12.5 Å². The summed E-state index contributed by atoms with van der Waals surface area (Å²) in [5.41, 5.74) is 1.11. The van der Waals surface area contributed by atoms with E-state index in [0.717, 1.165) is 29.3 Å². The SMILES string of the molecule is C#CCNCCOc1ccc(Cl)c(CC)c1. The highest BCUT2D eigenvalue weighted by molar-refractivity contribution is 6.31. The monoisotopic (exact) mass is 237 g/mol. The third kappa shape index (κ3) is 4.14. The van der Waals surface area contributed by atoms with E-state index in [9.17, 15) is 0 Å². The third-order valence-electron chi connectivity index (χ3n) is 2.17. The molecule has 1 N–H and O–H groups in total. The summed E-state index contributed by atoms with van der Waals surface area (Å²) in [7, 11) is 0. The van der Waals surface area contributed by atoms with Crippen LogP contribution in [0.15, 0.2) is 18.2 Å². The molecule has 1 aromatic rings. The van der Waals surface area contributed by atoms with Crippen molar-refractivity contribution in [3.63, 3.8) is 0 Å². The molecule has 0 aliphatic rings. The number of ether oxygens (including phenoxy) is 1. The fraction of sp³-hybridized carbons (Fsp3) is 0.385. The Balaban J connectivity index is 2.40. The van der Waals surface area contributed by atoms with Gasteiger partial charge in [-0.05, 0) is 30.2 Å². The molecule has 0 unspecified atom stereocenters. The van der Waals surface area contributed by atoms with Crippen molar-refractivity contribution in [3.05, 3.63) is 28.8 Å². The minimum atomic E-state index is 0.574. The first-order valence-corrected chi connectivity index (χ1v) is 5.71. The van der Waals surface area contributed by atoms with Crippen LogP contribution in [0.5, 0.6) is 5.75 Å². The number of halogens is 1. The Morgan fingerprint density at radius 2 is 2.31 bits per heavy atom. The van der Waals surface area contributed by atoms with E-state index in [4.69, 9.17) is 22.8 Å². The highest BCUT2D eigenvalue weighted by Crippen LogP contribution is 2.22. The van der Waals surface area contributed by atoms with E-state index in [1.54, 1.807) is 0 Å². The lowest BCUT2D eigenvalue weighted by Crippen LogP contribution is -2.21. The van der Waals surface area contributed by atoms with Crippen molar-refractivity contribution < 1.29 is 4.74 Å². The molecule has 0 saturated carbocycles. The van der Waals surface area contributed by atoms with E-state index in [0.29, 0.717) is 13.2 Å². The van der Waals surface area contributed by atoms with Gasteiger partial charge in [0.1, 0.15) is 12.4 Å². The summed E-state index contributed by atoms with van der Waals surface area (Å²) < 4.78 is 5.56. The summed E-state index contributed by atoms with van der Waals surface area (Å²) in [5, 5.41) is 3.85. The van der Waals surface area contributed by atoms with Gasteiger partial charge in [0.2, 0.25) is 0 Å². The van der Waals surface area contributed by atoms with Crippen LogP contribution in [0.2, 0.25) is 5.02 Å². The smallest absolute Gasteiger partial charge is 0.119 e. The lowest BCUT2D eigenvalue weighted by atomic mass is 10.1. The maximum atomic E-state index is 6.01. The van der Waals surface area contributed by atoms with Gasteiger partial charge in [-0.3, -0.25) is 0 Å². The first kappa shape index (κ1) is 12.9. The van der Waals surface area contributed by atoms with Gasteiger partial charge in [0.05, 0.1) is 6.54 Å². The predicted octanol–water partition coefficient (Wildman–Crippen LogP) is 2.50. The number of nitrogens with one attached hydrogen (secondary N) is 1. The van der Waals surface area contributed by atoms with Crippen molar-refractivity contribution in [2.24, 2.45) is 0 Å². The lowest BCUT2D eigenvalue weighted by Gasteiger charge is -2.08. The molecule has 0 aliphatic carbocycles. The van der Waals surface area contributed by atoms with Crippen molar-refractivity contribution in [2.75, 3.05) is 19.7 Å². The highest BCUT2D eigenvalue weighted by atomic mass is 35.5. The average Bonchev–Trinajstić information content (AvgIpc) is 2.31. The first-order chi connectivity index (χ1) is 7.77. The Morgan fingerprint density at radius 3 is 3.00 bits per heavy atom. The fourth-order valence-electron chi connectivity index (χ4n) is 1.31. The lowest BCUT2D eigenvalue weighted by molar-refractivity contribution is 0.316. The molecule has 0 aliphatic heterocycles. The largest absolute Gasteiger partial charge is 0.492 e. The summed E-state index contributed by atoms with van der Waals surface area (Å²) in [5.74, 6) is 3.36. The quantitative estimate of drug-likeness (QED) is 0.606. The van der Waals surface area contributed by atoms with Crippen LogP contribution in [0.25, 0.3) is 0 Å². The van der Waals surface area contributed by atoms with Gasteiger partial charge in [-0.2, -0.15) is 0 Å². The van der Waals surface area contributed by atoms with Crippen molar-refractivity contribution >= 4 is 11.6 Å². The molecule has 0 atom stereocenters. The molecule has 16 heavy (non-hydrogen) atoms. The molecule has 0 saturated heterocycles. The summed E-state index contributed by atoms with van der Waals surface area (Å²) >= 11 is 6.01. The van der Waals surface area contributed by atoms with Crippen molar-refractivity contribution in [1.82, 2.24) is 5.32 Å². The zero-order valence-corrected chi connectivity index (χ0v) is 10.2. The number of hydrogen-bond donors (Lipinski definition) is 1. The van der Waals surface area contributed by atoms with Gasteiger partial charge in [0.15, 0.2) is 0 Å². The second-order valence-electron chi connectivity index (χ2n) is 3.34. The normalized spacial score (nSPS) is 9.81. The Labute approximate surface area is 102 Å². The molecule has 2 nitrogen and oxygen atoms in total. The van der Waals surface area contributed by atoms with Crippen LogP contribution in [0, 0.1) is 12.3 Å². The van der Waals surface area contributed by atoms with Gasteiger partial charge in [-0.15, -0.1) is 6.42 Å². The Morgan fingerprint density at radius 1 is 1.50 bits per heavy atom. The van der Waals surface area contributed by atoms with Crippen LogP contribution in [0.3, 0.4) is 0 Å². The van der Waals surface area contributed by atoms with Gasteiger partial charge >= 0.3 is 0 Å². The van der Waals surface area contributed by atoms with E-state index < -0.39 is 0 Å². The molecular formula is C13H16ClNO. The molecule has 0 radical (unpaired) electrons. The van der Waals surface area contributed by atoms with Crippen LogP contribution in [-0.2, 0) is 6.42 Å². The molecule has 0 aromatic heterocycles. The van der Waals surface area contributed by atoms with Gasteiger partial charge in [0.25, 0.3) is 0 Å². The number of benzene rings is 1. The van der Waals surface area contributed by atoms with Crippen molar-refractivity contribution in [2.45, 2.75) is 13.3 Å². The van der Waals surface area contributed by atoms with E-state index in [1.807, 2.05) is 18.2 Å². The topological polar surface area (TPSA) is 21.3 Å². The van der Waals surface area contributed by atoms with Gasteiger partial charge in [-0.25, -0.2) is 0 Å². The van der Waals surface area contributed by atoms with Crippen LogP contribution in [0.4, 0.5) is 0 Å². The highest BCUT2D eigenvalue weighted by Gasteiger charge is 2.00. The third-order valence-corrected chi connectivity index (χ3v) is 2.54. The Bertz CT molecular complexity index is 371. The van der Waals surface area contributed by atoms with Gasteiger partial charge in [-0.1, -0.05) is 24.4 Å². The van der Waals surface area contributed by atoms with Crippen LogP contribution >= 0.6 is 11.6 Å². The number of hydrogen-bond acceptors (Lipinski definition) is 2. The average molecular weight is 238 g/mol. The van der Waals surface area contributed by atoms with E-state index in [2.05, 4.69) is 18.2 Å².